The van der Waals surface area contributed by atoms with Crippen LogP contribution in [0.5, 0.6) is 0 Å². The average Bonchev–Trinajstić information content (AvgIpc) is 3.18. The Hall–Kier alpha value is -3.10. The van der Waals surface area contributed by atoms with Gasteiger partial charge in [-0.2, -0.15) is 0 Å². The number of nitro benzene ring substituents is 1. The summed E-state index contributed by atoms with van der Waals surface area (Å²) >= 11 is 1.50. The maximum atomic E-state index is 13.1. The molecule has 0 radical (unpaired) electrons. The zero-order valence-electron chi connectivity index (χ0n) is 17.9. The number of hydrogen-bond donors (Lipinski definition) is 0. The van der Waals surface area contributed by atoms with E-state index in [1.54, 1.807) is 23.1 Å². The number of aryl methyl sites for hydroxylation is 1. The second-order valence-electron chi connectivity index (χ2n) is 7.17. The predicted octanol–water partition coefficient (Wildman–Crippen LogP) is 4.90. The van der Waals surface area contributed by atoms with Gasteiger partial charge in [0.2, 0.25) is 0 Å². The predicted molar refractivity (Wildman–Crippen MR) is 127 cm³/mol. The van der Waals surface area contributed by atoms with Crippen molar-refractivity contribution in [2.45, 2.75) is 20.8 Å². The number of nitrogens with zero attached hydrogens (tertiary/aromatic N) is 4. The Morgan fingerprint density at radius 2 is 1.94 bits per heavy atom. The van der Waals surface area contributed by atoms with E-state index in [-0.39, 0.29) is 11.6 Å². The van der Waals surface area contributed by atoms with E-state index >= 15 is 0 Å². The highest BCUT2D eigenvalue weighted by molar-refractivity contribution is 7.22. The summed E-state index contributed by atoms with van der Waals surface area (Å²) in [5, 5.41) is 11.6. The summed E-state index contributed by atoms with van der Waals surface area (Å²) < 4.78 is 1.04. The van der Waals surface area contributed by atoms with E-state index in [4.69, 9.17) is 0 Å². The molecule has 0 saturated heterocycles. The fourth-order valence-corrected chi connectivity index (χ4v) is 4.31. The van der Waals surface area contributed by atoms with Gasteiger partial charge in [-0.1, -0.05) is 43.4 Å². The van der Waals surface area contributed by atoms with Crippen LogP contribution in [0.1, 0.15) is 25.0 Å². The van der Waals surface area contributed by atoms with Crippen molar-refractivity contribution >= 4 is 44.4 Å². The molecule has 8 heteroatoms. The van der Waals surface area contributed by atoms with E-state index in [9.17, 15) is 14.9 Å². The molecule has 0 spiro atoms. The molecule has 0 unspecified atom stereocenters. The Morgan fingerprint density at radius 1 is 1.16 bits per heavy atom. The molecule has 0 fully saturated rings. The number of likely N-dealkylation sites (N-methyl/N-ethyl adjacent to an activating group) is 1. The van der Waals surface area contributed by atoms with Crippen molar-refractivity contribution in [3.63, 3.8) is 0 Å². The van der Waals surface area contributed by atoms with Crippen LogP contribution in [0, 0.1) is 17.0 Å². The highest BCUT2D eigenvalue weighted by atomic mass is 32.1. The molecule has 0 aliphatic heterocycles. The minimum Gasteiger partial charge on any atom is -0.302 e. The molecule has 0 N–H and O–H groups in total. The van der Waals surface area contributed by atoms with Crippen LogP contribution in [0.4, 0.5) is 10.8 Å². The van der Waals surface area contributed by atoms with Crippen molar-refractivity contribution in [2.75, 3.05) is 31.1 Å². The lowest BCUT2D eigenvalue weighted by atomic mass is 10.2. The van der Waals surface area contributed by atoms with Crippen molar-refractivity contribution in [3.8, 4) is 0 Å². The van der Waals surface area contributed by atoms with Crippen molar-refractivity contribution in [2.24, 2.45) is 0 Å². The summed E-state index contributed by atoms with van der Waals surface area (Å²) in [6.45, 7) is 9.28. The molecule has 1 amide bonds. The summed E-state index contributed by atoms with van der Waals surface area (Å²) in [5.41, 5.74) is 2.61. The molecule has 0 saturated carbocycles. The van der Waals surface area contributed by atoms with E-state index in [1.807, 2.05) is 19.1 Å². The molecular weight excluding hydrogens is 412 g/mol. The van der Waals surface area contributed by atoms with Gasteiger partial charge in [-0.25, -0.2) is 4.98 Å². The first-order valence-corrected chi connectivity index (χ1v) is 11.1. The lowest BCUT2D eigenvalue weighted by Gasteiger charge is -2.23. The number of fused-ring (bicyclic) bond motifs is 1. The Labute approximate surface area is 185 Å². The van der Waals surface area contributed by atoms with Crippen molar-refractivity contribution < 1.29 is 9.72 Å². The second kappa shape index (κ2) is 10.3. The van der Waals surface area contributed by atoms with Crippen LogP contribution in [-0.2, 0) is 4.79 Å². The minimum atomic E-state index is -0.446. The molecule has 7 nitrogen and oxygen atoms in total. The number of aromatic nitrogens is 1. The lowest BCUT2D eigenvalue weighted by molar-refractivity contribution is -0.384. The molecule has 0 aliphatic rings. The number of thiazole rings is 1. The topological polar surface area (TPSA) is 79.6 Å². The SMILES string of the molecule is CCN(CC)CCN(C(=O)/C=C/c1cccc([N+](=O)[O-])c1)c1nc2ccc(C)cc2s1. The summed E-state index contributed by atoms with van der Waals surface area (Å²) in [6.07, 6.45) is 3.07. The molecular formula is C23H26N4O3S. The van der Waals surface area contributed by atoms with Crippen molar-refractivity contribution in [1.82, 2.24) is 9.88 Å². The number of carbonyl (C=O) groups excluding carboxylic acids is 1. The maximum absolute atomic E-state index is 13.1. The zero-order chi connectivity index (χ0) is 22.4. The minimum absolute atomic E-state index is 0.00506. The Kier molecular flexibility index (Phi) is 7.49. The lowest BCUT2D eigenvalue weighted by Crippen LogP contribution is -2.38. The molecule has 3 rings (SSSR count). The van der Waals surface area contributed by atoms with Gasteiger partial charge >= 0.3 is 0 Å². The maximum Gasteiger partial charge on any atom is 0.270 e. The van der Waals surface area contributed by atoms with Crippen molar-refractivity contribution in [3.05, 3.63) is 69.8 Å². The largest absolute Gasteiger partial charge is 0.302 e. The Morgan fingerprint density at radius 3 is 2.65 bits per heavy atom. The number of nitro groups is 1. The number of carbonyl (C=O) groups is 1. The molecule has 31 heavy (non-hydrogen) atoms. The van der Waals surface area contributed by atoms with Gasteiger partial charge in [0, 0.05) is 31.3 Å². The highest BCUT2D eigenvalue weighted by Crippen LogP contribution is 2.30. The van der Waals surface area contributed by atoms with Gasteiger partial charge in [-0.05, 0) is 49.3 Å². The fourth-order valence-electron chi connectivity index (χ4n) is 3.22. The van der Waals surface area contributed by atoms with Gasteiger partial charge in [0.25, 0.3) is 11.6 Å². The van der Waals surface area contributed by atoms with E-state index in [0.29, 0.717) is 17.2 Å². The van der Waals surface area contributed by atoms with E-state index < -0.39 is 4.92 Å². The molecule has 0 aliphatic carbocycles. The number of hydrogen-bond acceptors (Lipinski definition) is 6. The van der Waals surface area contributed by atoms with Crippen LogP contribution < -0.4 is 4.90 Å². The quantitative estimate of drug-likeness (QED) is 0.270. The van der Waals surface area contributed by atoms with Gasteiger partial charge < -0.3 is 4.90 Å². The molecule has 1 heterocycles. The first kappa shape index (κ1) is 22.6. The van der Waals surface area contributed by atoms with Crippen LogP contribution in [0.2, 0.25) is 0 Å². The Balaban J connectivity index is 1.88. The number of rotatable bonds is 9. The molecule has 0 bridgehead atoms. The van der Waals surface area contributed by atoms with Crippen LogP contribution >= 0.6 is 11.3 Å². The van der Waals surface area contributed by atoms with Gasteiger partial charge in [0.05, 0.1) is 15.1 Å². The van der Waals surface area contributed by atoms with Crippen LogP contribution in [0.3, 0.4) is 0 Å². The van der Waals surface area contributed by atoms with Gasteiger partial charge in [0.1, 0.15) is 0 Å². The normalized spacial score (nSPS) is 11.5. The van der Waals surface area contributed by atoms with Gasteiger partial charge in [-0.15, -0.1) is 0 Å². The first-order chi connectivity index (χ1) is 14.9. The second-order valence-corrected chi connectivity index (χ2v) is 8.18. The van der Waals surface area contributed by atoms with Crippen LogP contribution in [-0.4, -0.2) is 46.9 Å². The third-order valence-electron chi connectivity index (χ3n) is 5.06. The smallest absolute Gasteiger partial charge is 0.270 e. The van der Waals surface area contributed by atoms with Gasteiger partial charge in [-0.3, -0.25) is 19.8 Å². The summed E-state index contributed by atoms with van der Waals surface area (Å²) in [7, 11) is 0. The summed E-state index contributed by atoms with van der Waals surface area (Å²) in [6, 6.07) is 12.3. The number of non-ortho nitro benzene ring substituents is 1. The third-order valence-corrected chi connectivity index (χ3v) is 6.10. The third kappa shape index (κ3) is 5.74. The molecule has 162 valence electrons. The fraction of sp³-hybridized carbons (Fsp3) is 0.304. The van der Waals surface area contributed by atoms with E-state index in [1.165, 1.54) is 29.5 Å². The van der Waals surface area contributed by atoms with E-state index in [2.05, 4.69) is 29.8 Å². The number of amides is 1. The molecule has 2 aromatic carbocycles. The van der Waals surface area contributed by atoms with Gasteiger partial charge in [0.15, 0.2) is 5.13 Å². The van der Waals surface area contributed by atoms with Crippen LogP contribution in [0.25, 0.3) is 16.3 Å². The zero-order valence-corrected chi connectivity index (χ0v) is 18.8. The molecule has 0 atom stereocenters. The Bertz CT molecular complexity index is 1110. The average molecular weight is 439 g/mol. The standard InChI is InChI=1S/C23H26N4O3S/c1-4-25(5-2)13-14-26(23-24-20-11-9-17(3)15-21(20)31-23)22(28)12-10-18-7-6-8-19(16-18)27(29)30/h6-12,15-16H,4-5,13-14H2,1-3H3/b12-10+. The summed E-state index contributed by atoms with van der Waals surface area (Å²) in [5.74, 6) is -0.200. The monoisotopic (exact) mass is 438 g/mol. The summed E-state index contributed by atoms with van der Waals surface area (Å²) in [4.78, 5) is 32.3. The molecule has 1 aromatic heterocycles. The highest BCUT2D eigenvalue weighted by Gasteiger charge is 2.19. The van der Waals surface area contributed by atoms with E-state index in [0.717, 1.165) is 35.4 Å². The first-order valence-electron chi connectivity index (χ1n) is 10.2. The van der Waals surface area contributed by atoms with Crippen LogP contribution in [0.15, 0.2) is 48.5 Å². The number of anilines is 1. The van der Waals surface area contributed by atoms with Crippen molar-refractivity contribution in [1.29, 1.82) is 0 Å². The molecule has 3 aromatic rings. The number of benzene rings is 2.